The number of rotatable bonds is 4. The average Bonchev–Trinajstić information content (AvgIpc) is 3.60. The van der Waals surface area contributed by atoms with Gasteiger partial charge in [-0.05, 0) is 49.3 Å². The summed E-state index contributed by atoms with van der Waals surface area (Å²) in [7, 11) is 0. The summed E-state index contributed by atoms with van der Waals surface area (Å²) in [5.41, 5.74) is 12.7. The third kappa shape index (κ3) is 3.01. The maximum atomic E-state index is 6.55. The molecule has 0 atom stereocenters. The summed E-state index contributed by atoms with van der Waals surface area (Å²) in [4.78, 5) is 5.06. The lowest BCUT2D eigenvalue weighted by Crippen LogP contribution is -2.43. The van der Waals surface area contributed by atoms with E-state index in [2.05, 4.69) is 69.4 Å². The van der Waals surface area contributed by atoms with Crippen LogP contribution in [0.5, 0.6) is 5.88 Å². The van der Waals surface area contributed by atoms with Crippen LogP contribution in [0, 0.1) is 0 Å². The molecule has 0 radical (unpaired) electrons. The lowest BCUT2D eigenvalue weighted by Gasteiger charge is -2.38. The van der Waals surface area contributed by atoms with Gasteiger partial charge in [0.2, 0.25) is 5.88 Å². The Kier molecular flexibility index (Phi) is 4.03. The Morgan fingerprint density at radius 2 is 1.73 bits per heavy atom. The van der Waals surface area contributed by atoms with Crippen LogP contribution in [0.15, 0.2) is 60.7 Å². The number of nitrogens with zero attached hydrogens (tertiary/aromatic N) is 4. The first-order chi connectivity index (χ1) is 16.2. The molecule has 3 heterocycles. The second-order valence-corrected chi connectivity index (χ2v) is 9.53. The van der Waals surface area contributed by atoms with Gasteiger partial charge in [0.25, 0.3) is 0 Å². The fourth-order valence-electron chi connectivity index (χ4n) is 5.04. The molecule has 0 amide bonds. The van der Waals surface area contributed by atoms with E-state index in [-0.39, 0.29) is 5.54 Å². The number of nitrogens with two attached hydrogens (primary N) is 1. The standard InChI is InChI=1S/C27H25N5O/c28-27(13-4-14-27)20-11-9-18(10-12-20)24-21(17-5-2-1-3-6-17)15-22-26(29-24)33-16-23-30-31-25(32(22)23)19-7-8-19/h1-3,5-6,9-12,15,19H,4,7-8,13-14,16,28H2. The van der Waals surface area contributed by atoms with Crippen molar-refractivity contribution in [2.75, 3.05) is 0 Å². The topological polar surface area (TPSA) is 78.9 Å². The van der Waals surface area contributed by atoms with Crippen LogP contribution in [0.4, 0.5) is 0 Å². The average molecular weight is 436 g/mol. The minimum absolute atomic E-state index is 0.169. The third-order valence-corrected chi connectivity index (χ3v) is 7.31. The Hall–Kier alpha value is -3.51. The molecular formula is C27H25N5O. The molecule has 3 aliphatic rings. The van der Waals surface area contributed by atoms with Gasteiger partial charge in [-0.1, -0.05) is 54.6 Å². The molecule has 1 aliphatic heterocycles. The summed E-state index contributed by atoms with van der Waals surface area (Å²) in [5, 5.41) is 8.88. The van der Waals surface area contributed by atoms with Gasteiger partial charge in [0.1, 0.15) is 11.5 Å². The van der Waals surface area contributed by atoms with Crippen molar-refractivity contribution in [1.29, 1.82) is 0 Å². The van der Waals surface area contributed by atoms with Crippen molar-refractivity contribution in [3.63, 3.8) is 0 Å². The Labute approximate surface area is 192 Å². The molecule has 2 saturated carbocycles. The second-order valence-electron chi connectivity index (χ2n) is 9.53. The van der Waals surface area contributed by atoms with Crippen LogP contribution in [-0.4, -0.2) is 19.7 Å². The number of hydrogen-bond acceptors (Lipinski definition) is 5. The molecule has 2 aromatic carbocycles. The highest BCUT2D eigenvalue weighted by Crippen LogP contribution is 2.44. The van der Waals surface area contributed by atoms with E-state index in [0.717, 1.165) is 52.6 Å². The van der Waals surface area contributed by atoms with Crippen molar-refractivity contribution in [1.82, 2.24) is 19.7 Å². The van der Waals surface area contributed by atoms with Crippen molar-refractivity contribution in [3.05, 3.63) is 77.9 Å². The summed E-state index contributed by atoms with van der Waals surface area (Å²) in [6.07, 6.45) is 5.64. The van der Waals surface area contributed by atoms with E-state index in [1.165, 1.54) is 24.8 Å². The normalized spacial score (nSPS) is 18.1. The fourth-order valence-corrected chi connectivity index (χ4v) is 5.04. The summed E-state index contributed by atoms with van der Waals surface area (Å²) >= 11 is 0. The summed E-state index contributed by atoms with van der Waals surface area (Å²) in [5.74, 6) is 2.99. The van der Waals surface area contributed by atoms with E-state index in [1.807, 2.05) is 6.07 Å². The number of benzene rings is 2. The molecule has 4 aromatic rings. The molecule has 6 heteroatoms. The molecule has 0 spiro atoms. The van der Waals surface area contributed by atoms with Gasteiger partial charge in [-0.2, -0.15) is 0 Å². The zero-order chi connectivity index (χ0) is 22.0. The van der Waals surface area contributed by atoms with E-state index in [1.54, 1.807) is 0 Å². The predicted molar refractivity (Wildman–Crippen MR) is 126 cm³/mol. The number of hydrogen-bond donors (Lipinski definition) is 1. The number of pyridine rings is 1. The van der Waals surface area contributed by atoms with Crippen molar-refractivity contribution < 1.29 is 4.74 Å². The first-order valence-corrected chi connectivity index (χ1v) is 11.8. The monoisotopic (exact) mass is 435 g/mol. The molecular weight excluding hydrogens is 410 g/mol. The van der Waals surface area contributed by atoms with Gasteiger partial charge >= 0.3 is 0 Å². The van der Waals surface area contributed by atoms with Gasteiger partial charge in [0, 0.05) is 22.6 Å². The Balaban J connectivity index is 1.40. The van der Waals surface area contributed by atoms with E-state index in [9.17, 15) is 0 Å². The van der Waals surface area contributed by atoms with E-state index < -0.39 is 0 Å². The van der Waals surface area contributed by atoms with E-state index in [0.29, 0.717) is 18.4 Å². The molecule has 7 rings (SSSR count). The molecule has 0 saturated heterocycles. The minimum atomic E-state index is -0.169. The molecule has 2 aliphatic carbocycles. The van der Waals surface area contributed by atoms with Gasteiger partial charge in [0.15, 0.2) is 12.4 Å². The van der Waals surface area contributed by atoms with Crippen LogP contribution < -0.4 is 10.5 Å². The maximum absolute atomic E-state index is 6.55. The highest BCUT2D eigenvalue weighted by Gasteiger charge is 2.35. The Morgan fingerprint density at radius 1 is 0.939 bits per heavy atom. The Bertz CT molecular complexity index is 1350. The van der Waals surface area contributed by atoms with E-state index >= 15 is 0 Å². The van der Waals surface area contributed by atoms with Crippen LogP contribution in [-0.2, 0) is 12.1 Å². The lowest BCUT2D eigenvalue weighted by atomic mass is 9.72. The largest absolute Gasteiger partial charge is 0.468 e. The first kappa shape index (κ1) is 19.0. The fraction of sp³-hybridized carbons (Fsp3) is 0.296. The molecule has 164 valence electrons. The smallest absolute Gasteiger partial charge is 0.239 e. The minimum Gasteiger partial charge on any atom is -0.468 e. The van der Waals surface area contributed by atoms with Crippen LogP contribution in [0.25, 0.3) is 28.1 Å². The van der Waals surface area contributed by atoms with Crippen LogP contribution in [0.1, 0.15) is 55.2 Å². The molecule has 2 N–H and O–H groups in total. The van der Waals surface area contributed by atoms with Gasteiger partial charge < -0.3 is 10.5 Å². The molecule has 6 nitrogen and oxygen atoms in total. The number of fused-ring (bicyclic) bond motifs is 3. The van der Waals surface area contributed by atoms with Crippen LogP contribution in [0.2, 0.25) is 0 Å². The zero-order valence-electron chi connectivity index (χ0n) is 18.4. The van der Waals surface area contributed by atoms with Gasteiger partial charge in [0.05, 0.1) is 5.69 Å². The summed E-state index contributed by atoms with van der Waals surface area (Å²) in [6, 6.07) is 21.2. The van der Waals surface area contributed by atoms with Gasteiger partial charge in [-0.25, -0.2) is 4.98 Å². The quantitative estimate of drug-likeness (QED) is 0.482. The zero-order valence-corrected chi connectivity index (χ0v) is 18.4. The van der Waals surface area contributed by atoms with Crippen LogP contribution in [0.3, 0.4) is 0 Å². The van der Waals surface area contributed by atoms with E-state index in [4.69, 9.17) is 15.5 Å². The first-order valence-electron chi connectivity index (χ1n) is 11.8. The van der Waals surface area contributed by atoms with Gasteiger partial charge in [-0.3, -0.25) is 4.57 Å². The Morgan fingerprint density at radius 3 is 2.42 bits per heavy atom. The SMILES string of the molecule is NC1(c2ccc(-c3nc4c(cc3-c3ccccc3)-n3c(nnc3C3CC3)CO4)cc2)CCC1. The predicted octanol–water partition coefficient (Wildman–Crippen LogP) is 5.10. The molecule has 0 bridgehead atoms. The number of ether oxygens (including phenoxy) is 1. The third-order valence-electron chi connectivity index (χ3n) is 7.31. The molecule has 2 aromatic heterocycles. The molecule has 0 unspecified atom stereocenters. The molecule has 2 fully saturated rings. The maximum Gasteiger partial charge on any atom is 0.239 e. The highest BCUT2D eigenvalue weighted by atomic mass is 16.5. The molecule has 33 heavy (non-hydrogen) atoms. The second kappa shape index (κ2) is 6.99. The highest BCUT2D eigenvalue weighted by molar-refractivity contribution is 5.83. The van der Waals surface area contributed by atoms with Crippen molar-refractivity contribution in [2.24, 2.45) is 5.73 Å². The van der Waals surface area contributed by atoms with Crippen molar-refractivity contribution in [3.8, 4) is 34.0 Å². The number of aromatic nitrogens is 4. The summed E-state index contributed by atoms with van der Waals surface area (Å²) in [6.45, 7) is 0.387. The lowest BCUT2D eigenvalue weighted by molar-refractivity contribution is 0.253. The summed E-state index contributed by atoms with van der Waals surface area (Å²) < 4.78 is 8.23. The van der Waals surface area contributed by atoms with Crippen molar-refractivity contribution >= 4 is 0 Å². The van der Waals surface area contributed by atoms with Gasteiger partial charge in [-0.15, -0.1) is 10.2 Å². The van der Waals surface area contributed by atoms with Crippen molar-refractivity contribution in [2.45, 2.75) is 50.2 Å². The van der Waals surface area contributed by atoms with Crippen LogP contribution >= 0.6 is 0 Å².